The molecular formula is C23H19FN2O3S. The van der Waals surface area contributed by atoms with E-state index in [-0.39, 0.29) is 10.7 Å². The molecule has 30 heavy (non-hydrogen) atoms. The Morgan fingerprint density at radius 2 is 1.77 bits per heavy atom. The van der Waals surface area contributed by atoms with Gasteiger partial charge in [0, 0.05) is 6.54 Å². The van der Waals surface area contributed by atoms with Crippen molar-refractivity contribution in [3.63, 3.8) is 0 Å². The molecular weight excluding hydrogens is 403 g/mol. The summed E-state index contributed by atoms with van der Waals surface area (Å²) < 4.78 is 47.2. The Bertz CT molecular complexity index is 1320. The van der Waals surface area contributed by atoms with Crippen LogP contribution in [0.2, 0.25) is 0 Å². The van der Waals surface area contributed by atoms with Gasteiger partial charge in [0.2, 0.25) is 15.9 Å². The van der Waals surface area contributed by atoms with E-state index >= 15 is 0 Å². The minimum Gasteiger partial charge on any atom is -0.439 e. The van der Waals surface area contributed by atoms with Crippen molar-refractivity contribution in [2.24, 2.45) is 0 Å². The molecule has 3 aromatic carbocycles. The van der Waals surface area contributed by atoms with Crippen LogP contribution in [-0.4, -0.2) is 24.3 Å². The highest BCUT2D eigenvalue weighted by atomic mass is 32.2. The average Bonchev–Trinajstić information content (AvgIpc) is 3.41. The number of benzene rings is 3. The summed E-state index contributed by atoms with van der Waals surface area (Å²) in [6, 6.07) is 19.8. The molecule has 0 saturated carbocycles. The summed E-state index contributed by atoms with van der Waals surface area (Å²) in [7, 11) is -3.64. The summed E-state index contributed by atoms with van der Waals surface area (Å²) in [6.45, 7) is 0.426. The Balaban J connectivity index is 1.51. The summed E-state index contributed by atoms with van der Waals surface area (Å²) in [5.74, 6) is 0.0829. The molecule has 152 valence electrons. The van der Waals surface area contributed by atoms with Crippen LogP contribution in [0.25, 0.3) is 22.2 Å². The molecule has 0 aliphatic carbocycles. The largest absolute Gasteiger partial charge is 0.439 e. The van der Waals surface area contributed by atoms with Crippen molar-refractivity contribution in [3.8, 4) is 11.1 Å². The molecule has 0 radical (unpaired) electrons. The van der Waals surface area contributed by atoms with E-state index in [9.17, 15) is 12.8 Å². The molecule has 1 unspecified atom stereocenters. The summed E-state index contributed by atoms with van der Waals surface area (Å²) in [6.07, 6.45) is 1.39. The normalized spacial score (nSPS) is 17.6. The lowest BCUT2D eigenvalue weighted by Gasteiger charge is -2.21. The molecule has 5 nitrogen and oxygen atoms in total. The van der Waals surface area contributed by atoms with Gasteiger partial charge in [-0.2, -0.15) is 4.31 Å². The van der Waals surface area contributed by atoms with E-state index in [0.29, 0.717) is 30.0 Å². The first kappa shape index (κ1) is 19.0. The number of hydrogen-bond donors (Lipinski definition) is 0. The number of halogens is 1. The Morgan fingerprint density at radius 1 is 0.967 bits per heavy atom. The Labute approximate surface area is 173 Å². The zero-order valence-electron chi connectivity index (χ0n) is 16.0. The van der Waals surface area contributed by atoms with Gasteiger partial charge in [-0.25, -0.2) is 17.8 Å². The molecule has 0 spiro atoms. The van der Waals surface area contributed by atoms with Crippen LogP contribution in [0.5, 0.6) is 0 Å². The van der Waals surface area contributed by atoms with Crippen molar-refractivity contribution in [2.45, 2.75) is 23.8 Å². The second-order valence-corrected chi connectivity index (χ2v) is 9.22. The number of fused-ring (bicyclic) bond motifs is 1. The lowest BCUT2D eigenvalue weighted by Crippen LogP contribution is -2.30. The molecule has 1 aliphatic rings. The van der Waals surface area contributed by atoms with Crippen molar-refractivity contribution < 1.29 is 17.2 Å². The highest BCUT2D eigenvalue weighted by Crippen LogP contribution is 2.37. The van der Waals surface area contributed by atoms with E-state index in [4.69, 9.17) is 4.42 Å². The van der Waals surface area contributed by atoms with Crippen molar-refractivity contribution >= 4 is 21.1 Å². The monoisotopic (exact) mass is 422 g/mol. The minimum atomic E-state index is -3.64. The molecule has 1 aliphatic heterocycles. The van der Waals surface area contributed by atoms with Gasteiger partial charge in [-0.3, -0.25) is 0 Å². The second kappa shape index (κ2) is 7.34. The SMILES string of the molecule is O=S(=O)(c1ccccc1)N1CCCC1c1nc2cc(-c3cccc(F)c3)ccc2o1. The zero-order chi connectivity index (χ0) is 20.7. The summed E-state index contributed by atoms with van der Waals surface area (Å²) in [4.78, 5) is 4.86. The van der Waals surface area contributed by atoms with Crippen LogP contribution in [0.3, 0.4) is 0 Å². The van der Waals surface area contributed by atoms with Gasteiger partial charge in [0.05, 0.1) is 4.90 Å². The second-order valence-electron chi connectivity index (χ2n) is 7.33. The molecule has 1 aromatic heterocycles. The molecule has 7 heteroatoms. The third kappa shape index (κ3) is 3.30. The topological polar surface area (TPSA) is 63.4 Å². The van der Waals surface area contributed by atoms with Crippen LogP contribution in [0.4, 0.5) is 4.39 Å². The Kier molecular flexibility index (Phi) is 4.64. The maximum absolute atomic E-state index is 13.6. The predicted octanol–water partition coefficient (Wildman–Crippen LogP) is 5.16. The lowest BCUT2D eigenvalue weighted by atomic mass is 10.1. The molecule has 5 rings (SSSR count). The third-order valence-electron chi connectivity index (χ3n) is 5.40. The van der Waals surface area contributed by atoms with Crippen LogP contribution in [0.15, 0.2) is 82.1 Å². The van der Waals surface area contributed by atoms with E-state index in [0.717, 1.165) is 17.5 Å². The van der Waals surface area contributed by atoms with E-state index < -0.39 is 16.1 Å². The maximum Gasteiger partial charge on any atom is 0.243 e. The van der Waals surface area contributed by atoms with Crippen molar-refractivity contribution in [3.05, 3.63) is 84.5 Å². The summed E-state index contributed by atoms with van der Waals surface area (Å²) >= 11 is 0. The predicted molar refractivity (Wildman–Crippen MR) is 112 cm³/mol. The smallest absolute Gasteiger partial charge is 0.243 e. The van der Waals surface area contributed by atoms with Gasteiger partial charge >= 0.3 is 0 Å². The number of nitrogens with zero attached hydrogens (tertiary/aromatic N) is 2. The Morgan fingerprint density at radius 3 is 2.57 bits per heavy atom. The molecule has 0 bridgehead atoms. The first-order valence-corrected chi connectivity index (χ1v) is 11.2. The quantitative estimate of drug-likeness (QED) is 0.456. The number of rotatable bonds is 4. The van der Waals surface area contributed by atoms with Crippen LogP contribution in [0, 0.1) is 5.82 Å². The molecule has 0 amide bonds. The highest BCUT2D eigenvalue weighted by Gasteiger charge is 2.38. The van der Waals surface area contributed by atoms with Crippen molar-refractivity contribution in [2.75, 3.05) is 6.54 Å². The lowest BCUT2D eigenvalue weighted by molar-refractivity contribution is 0.337. The van der Waals surface area contributed by atoms with Crippen LogP contribution < -0.4 is 0 Å². The maximum atomic E-state index is 13.6. The number of sulfonamides is 1. The Hall–Kier alpha value is -3.03. The molecule has 1 saturated heterocycles. The number of hydrogen-bond acceptors (Lipinski definition) is 4. The van der Waals surface area contributed by atoms with E-state index in [1.54, 1.807) is 42.5 Å². The van der Waals surface area contributed by atoms with Gasteiger partial charge < -0.3 is 4.42 Å². The number of oxazole rings is 1. The van der Waals surface area contributed by atoms with Crippen LogP contribution in [-0.2, 0) is 10.0 Å². The standard InChI is InChI=1S/C23H19FN2O3S/c24-18-7-4-6-16(14-18)17-11-12-22-20(15-17)25-23(29-22)21-10-5-13-26(21)30(27,28)19-8-2-1-3-9-19/h1-4,6-9,11-12,14-15,21H,5,10,13H2. The van der Waals surface area contributed by atoms with Crippen molar-refractivity contribution in [1.82, 2.24) is 9.29 Å². The summed E-state index contributed by atoms with van der Waals surface area (Å²) in [5, 5.41) is 0. The fourth-order valence-electron chi connectivity index (χ4n) is 3.94. The molecule has 4 aromatic rings. The van der Waals surface area contributed by atoms with Gasteiger partial charge in [0.1, 0.15) is 17.4 Å². The fraction of sp³-hybridized carbons (Fsp3) is 0.174. The highest BCUT2D eigenvalue weighted by molar-refractivity contribution is 7.89. The van der Waals surface area contributed by atoms with E-state index in [2.05, 4.69) is 4.98 Å². The molecule has 1 fully saturated rings. The molecule has 0 N–H and O–H groups in total. The van der Waals surface area contributed by atoms with Gasteiger partial charge in [-0.1, -0.05) is 36.4 Å². The third-order valence-corrected chi connectivity index (χ3v) is 7.32. The van der Waals surface area contributed by atoms with Gasteiger partial charge in [-0.15, -0.1) is 0 Å². The van der Waals surface area contributed by atoms with Gasteiger partial charge in [-0.05, 0) is 60.4 Å². The minimum absolute atomic E-state index is 0.265. The number of aromatic nitrogens is 1. The van der Waals surface area contributed by atoms with E-state index in [1.807, 2.05) is 18.2 Å². The molecule has 1 atom stereocenters. The average molecular weight is 422 g/mol. The zero-order valence-corrected chi connectivity index (χ0v) is 16.8. The van der Waals surface area contributed by atoms with E-state index in [1.165, 1.54) is 16.4 Å². The van der Waals surface area contributed by atoms with Gasteiger partial charge in [0.15, 0.2) is 5.58 Å². The van der Waals surface area contributed by atoms with Crippen LogP contribution >= 0.6 is 0 Å². The van der Waals surface area contributed by atoms with Crippen molar-refractivity contribution in [1.29, 1.82) is 0 Å². The van der Waals surface area contributed by atoms with Crippen LogP contribution in [0.1, 0.15) is 24.8 Å². The first-order valence-electron chi connectivity index (χ1n) is 9.76. The first-order chi connectivity index (χ1) is 14.5. The van der Waals surface area contributed by atoms with Gasteiger partial charge in [0.25, 0.3) is 0 Å². The fourth-order valence-corrected chi connectivity index (χ4v) is 5.61. The summed E-state index contributed by atoms with van der Waals surface area (Å²) in [5.41, 5.74) is 2.77. The molecule has 2 heterocycles.